The van der Waals surface area contributed by atoms with E-state index in [9.17, 15) is 14.4 Å². The average Bonchev–Trinajstić information content (AvgIpc) is 3.08. The van der Waals surface area contributed by atoms with Gasteiger partial charge in [0.1, 0.15) is 12.4 Å². The normalized spacial score (nSPS) is 12.7. The number of aliphatic imine (C=N–C) groups is 1. The molecule has 2 amide bonds. The van der Waals surface area contributed by atoms with E-state index >= 15 is 0 Å². The van der Waals surface area contributed by atoms with Gasteiger partial charge in [0.2, 0.25) is 11.8 Å². The Bertz CT molecular complexity index is 1310. The Kier molecular flexibility index (Phi) is 10.1. The standard InChI is InChI=1S/C30H38N6O3/c1-6-12-36(13-7-2)30(39)25-15-23-10-8-22(16-27(23)33-28(31)17-25)21-9-11-24(20-37)26(14-21)18-32-35(5)19-29(38)34(3)4/h8-11,14-16,18,20H,6-7,12-13,17,19H2,1-5H3,(H2,31,33)/b32-18-. The summed E-state index contributed by atoms with van der Waals surface area (Å²) in [6, 6.07) is 11.3. The van der Waals surface area contributed by atoms with Crippen molar-refractivity contribution in [2.75, 3.05) is 40.8 Å². The van der Waals surface area contributed by atoms with Crippen molar-refractivity contribution in [3.05, 3.63) is 58.7 Å². The number of aldehydes is 1. The van der Waals surface area contributed by atoms with E-state index in [4.69, 9.17) is 5.73 Å². The minimum atomic E-state index is -0.0776. The minimum absolute atomic E-state index is 0.000549. The fraction of sp³-hybridized carbons (Fsp3) is 0.367. The van der Waals surface area contributed by atoms with Crippen LogP contribution in [0.4, 0.5) is 5.69 Å². The van der Waals surface area contributed by atoms with Crippen molar-refractivity contribution in [1.29, 1.82) is 0 Å². The summed E-state index contributed by atoms with van der Waals surface area (Å²) < 4.78 is 0. The highest BCUT2D eigenvalue weighted by atomic mass is 16.2. The third-order valence-corrected chi connectivity index (χ3v) is 6.35. The third kappa shape index (κ3) is 7.63. The second-order valence-corrected chi connectivity index (χ2v) is 9.83. The molecular formula is C30H38N6O3. The van der Waals surface area contributed by atoms with Crippen molar-refractivity contribution in [2.45, 2.75) is 33.1 Å². The molecule has 0 atom stereocenters. The van der Waals surface area contributed by atoms with Gasteiger partial charge in [0, 0.05) is 62.9 Å². The molecule has 0 unspecified atom stereocenters. The zero-order valence-electron chi connectivity index (χ0n) is 23.5. The molecular weight excluding hydrogens is 492 g/mol. The van der Waals surface area contributed by atoms with Gasteiger partial charge in [0.05, 0.1) is 11.9 Å². The molecule has 1 aliphatic heterocycles. The maximum absolute atomic E-state index is 13.3. The van der Waals surface area contributed by atoms with E-state index in [0.717, 1.165) is 35.8 Å². The monoisotopic (exact) mass is 530 g/mol. The Morgan fingerprint density at radius 3 is 2.31 bits per heavy atom. The molecule has 0 aromatic heterocycles. The zero-order chi connectivity index (χ0) is 28.5. The van der Waals surface area contributed by atoms with E-state index in [-0.39, 0.29) is 18.4 Å². The Balaban J connectivity index is 1.93. The molecule has 39 heavy (non-hydrogen) atoms. The number of nitrogens with two attached hydrogens (primary N) is 1. The number of benzene rings is 2. The summed E-state index contributed by atoms with van der Waals surface area (Å²) in [7, 11) is 5.08. The first-order valence-corrected chi connectivity index (χ1v) is 13.2. The Morgan fingerprint density at radius 2 is 1.67 bits per heavy atom. The summed E-state index contributed by atoms with van der Waals surface area (Å²) >= 11 is 0. The van der Waals surface area contributed by atoms with E-state index in [1.54, 1.807) is 33.4 Å². The number of amides is 2. The quantitative estimate of drug-likeness (QED) is 0.269. The van der Waals surface area contributed by atoms with Gasteiger partial charge >= 0.3 is 0 Å². The molecule has 0 saturated carbocycles. The molecule has 9 nitrogen and oxygen atoms in total. The summed E-state index contributed by atoms with van der Waals surface area (Å²) in [4.78, 5) is 44.9. The van der Waals surface area contributed by atoms with Crippen molar-refractivity contribution < 1.29 is 14.4 Å². The van der Waals surface area contributed by atoms with Crippen molar-refractivity contribution in [3.63, 3.8) is 0 Å². The SMILES string of the molecule is CCCN(CCC)C(=O)C1=Cc2ccc(-c3ccc(C=O)c(/C=N\N(C)CC(=O)N(C)C)c3)cc2N=C(N)C1. The lowest BCUT2D eigenvalue weighted by molar-refractivity contribution is -0.129. The summed E-state index contributed by atoms with van der Waals surface area (Å²) in [6.07, 6.45) is 6.33. The van der Waals surface area contributed by atoms with Crippen molar-refractivity contribution in [3.8, 4) is 11.1 Å². The molecule has 3 rings (SSSR count). The van der Waals surface area contributed by atoms with Crippen LogP contribution in [0.5, 0.6) is 0 Å². The van der Waals surface area contributed by atoms with Gasteiger partial charge in [-0.3, -0.25) is 19.4 Å². The second kappa shape index (κ2) is 13.5. The lowest BCUT2D eigenvalue weighted by atomic mass is 9.97. The van der Waals surface area contributed by atoms with Crippen LogP contribution in [0.2, 0.25) is 0 Å². The fourth-order valence-corrected chi connectivity index (χ4v) is 4.28. The van der Waals surface area contributed by atoms with E-state index in [1.165, 1.54) is 9.91 Å². The second-order valence-electron chi connectivity index (χ2n) is 9.83. The van der Waals surface area contributed by atoms with Gasteiger partial charge < -0.3 is 15.5 Å². The van der Waals surface area contributed by atoms with Crippen molar-refractivity contribution in [2.24, 2.45) is 15.8 Å². The van der Waals surface area contributed by atoms with E-state index in [1.807, 2.05) is 41.3 Å². The van der Waals surface area contributed by atoms with Crippen LogP contribution in [0, 0.1) is 0 Å². The van der Waals surface area contributed by atoms with Crippen molar-refractivity contribution in [1.82, 2.24) is 14.8 Å². The van der Waals surface area contributed by atoms with E-state index in [2.05, 4.69) is 23.9 Å². The fourth-order valence-electron chi connectivity index (χ4n) is 4.28. The molecule has 1 aliphatic rings. The Labute approximate surface area is 230 Å². The number of nitrogens with zero attached hydrogens (tertiary/aromatic N) is 5. The summed E-state index contributed by atoms with van der Waals surface area (Å²) in [5.74, 6) is 0.309. The predicted molar refractivity (Wildman–Crippen MR) is 157 cm³/mol. The van der Waals surface area contributed by atoms with Gasteiger partial charge in [-0.15, -0.1) is 0 Å². The highest BCUT2D eigenvalue weighted by molar-refractivity contribution is 6.05. The van der Waals surface area contributed by atoms with Crippen LogP contribution in [-0.4, -0.2) is 85.7 Å². The van der Waals surface area contributed by atoms with Gasteiger partial charge in [-0.2, -0.15) is 5.10 Å². The topological polar surface area (TPSA) is 112 Å². The molecule has 0 bridgehead atoms. The molecule has 2 aromatic rings. The highest BCUT2D eigenvalue weighted by Crippen LogP contribution is 2.32. The van der Waals surface area contributed by atoms with Crippen LogP contribution in [0.1, 0.15) is 54.6 Å². The minimum Gasteiger partial charge on any atom is -0.387 e. The van der Waals surface area contributed by atoms with Gasteiger partial charge in [-0.1, -0.05) is 38.1 Å². The van der Waals surface area contributed by atoms with Crippen LogP contribution in [0.25, 0.3) is 17.2 Å². The molecule has 0 spiro atoms. The lowest BCUT2D eigenvalue weighted by Gasteiger charge is -2.22. The highest BCUT2D eigenvalue weighted by Gasteiger charge is 2.21. The number of rotatable bonds is 11. The van der Waals surface area contributed by atoms with Gasteiger partial charge in [0.25, 0.3) is 0 Å². The van der Waals surface area contributed by atoms with E-state index in [0.29, 0.717) is 47.7 Å². The number of hydrogen-bond donors (Lipinski definition) is 1. The molecule has 0 saturated heterocycles. The third-order valence-electron chi connectivity index (χ3n) is 6.35. The molecule has 0 fully saturated rings. The molecule has 2 N–H and O–H groups in total. The van der Waals surface area contributed by atoms with Gasteiger partial charge in [-0.05, 0) is 42.2 Å². The smallest absolute Gasteiger partial charge is 0.250 e. The zero-order valence-corrected chi connectivity index (χ0v) is 23.5. The van der Waals surface area contributed by atoms with Crippen LogP contribution in [-0.2, 0) is 9.59 Å². The summed E-state index contributed by atoms with van der Waals surface area (Å²) in [6.45, 7) is 5.66. The number of likely N-dealkylation sites (N-methyl/N-ethyl adjacent to an activating group) is 2. The lowest BCUT2D eigenvalue weighted by Crippen LogP contribution is -2.34. The first-order valence-electron chi connectivity index (χ1n) is 13.2. The largest absolute Gasteiger partial charge is 0.387 e. The van der Waals surface area contributed by atoms with Crippen LogP contribution in [0.3, 0.4) is 0 Å². The number of fused-ring (bicyclic) bond motifs is 1. The Hall–Kier alpha value is -4.27. The Morgan fingerprint density at radius 1 is 1.00 bits per heavy atom. The number of hydrogen-bond acceptors (Lipinski definition) is 7. The predicted octanol–water partition coefficient (Wildman–Crippen LogP) is 3.94. The maximum atomic E-state index is 13.3. The van der Waals surface area contributed by atoms with Crippen LogP contribution >= 0.6 is 0 Å². The molecule has 206 valence electrons. The first-order chi connectivity index (χ1) is 18.7. The van der Waals surface area contributed by atoms with Crippen LogP contribution in [0.15, 0.2) is 52.1 Å². The first kappa shape index (κ1) is 29.3. The maximum Gasteiger partial charge on any atom is 0.250 e. The van der Waals surface area contributed by atoms with Crippen LogP contribution < -0.4 is 5.73 Å². The molecule has 9 heteroatoms. The molecule has 2 aromatic carbocycles. The number of hydrazone groups is 1. The molecule has 0 radical (unpaired) electrons. The number of amidine groups is 1. The van der Waals surface area contributed by atoms with E-state index < -0.39 is 0 Å². The van der Waals surface area contributed by atoms with Gasteiger partial charge in [0.15, 0.2) is 6.29 Å². The number of carbonyl (C=O) groups is 3. The average molecular weight is 531 g/mol. The summed E-state index contributed by atoms with van der Waals surface area (Å²) in [5, 5.41) is 5.86. The molecule has 1 heterocycles. The van der Waals surface area contributed by atoms with Gasteiger partial charge in [-0.25, -0.2) is 4.99 Å². The molecule has 0 aliphatic carbocycles. The number of carbonyl (C=O) groups excluding carboxylic acids is 3. The van der Waals surface area contributed by atoms with Crippen molar-refractivity contribution >= 4 is 41.9 Å². The summed E-state index contributed by atoms with van der Waals surface area (Å²) in [5.41, 5.74) is 11.3.